The minimum Gasteiger partial charge on any atom is -0.352 e. The molecule has 8 heteroatoms. The molecule has 7 nitrogen and oxygen atoms in total. The van der Waals surface area contributed by atoms with Gasteiger partial charge in [0.1, 0.15) is 0 Å². The van der Waals surface area contributed by atoms with Gasteiger partial charge in [-0.2, -0.15) is 0 Å². The first kappa shape index (κ1) is 20.5. The molecule has 156 valence electrons. The highest BCUT2D eigenvalue weighted by molar-refractivity contribution is 7.15. The van der Waals surface area contributed by atoms with Gasteiger partial charge in [-0.15, -0.1) is 17.9 Å². The first-order valence-electron chi connectivity index (χ1n) is 10.0. The minimum absolute atomic E-state index is 0.0235. The van der Waals surface area contributed by atoms with E-state index in [1.165, 1.54) is 11.3 Å². The van der Waals surface area contributed by atoms with Crippen LogP contribution in [0.2, 0.25) is 0 Å². The topological polar surface area (TPSA) is 70.0 Å². The molecule has 0 radical (unpaired) electrons. The monoisotopic (exact) mass is 423 g/mol. The Morgan fingerprint density at radius 3 is 2.63 bits per heavy atom. The molecular formula is C22H25N5O2S. The quantitative estimate of drug-likeness (QED) is 0.588. The molecule has 1 fully saturated rings. The summed E-state index contributed by atoms with van der Waals surface area (Å²) in [5.74, 6) is 0.0235. The third kappa shape index (κ3) is 4.67. The number of thiazole rings is 1. The molecule has 0 saturated carbocycles. The summed E-state index contributed by atoms with van der Waals surface area (Å²) in [6.07, 6.45) is 1.68. The number of carbonyl (C=O) groups is 1. The number of nitrogens with zero attached hydrogens (tertiary/aromatic N) is 4. The van der Waals surface area contributed by atoms with Crippen molar-refractivity contribution in [2.75, 3.05) is 39.3 Å². The third-order valence-electron chi connectivity index (χ3n) is 5.19. The lowest BCUT2D eigenvalue weighted by atomic mass is 10.2. The third-order valence-corrected chi connectivity index (χ3v) is 6.01. The molecule has 0 aliphatic carbocycles. The van der Waals surface area contributed by atoms with E-state index in [4.69, 9.17) is 4.98 Å². The van der Waals surface area contributed by atoms with Crippen LogP contribution in [0.4, 0.5) is 0 Å². The van der Waals surface area contributed by atoms with Crippen molar-refractivity contribution in [1.82, 2.24) is 24.5 Å². The SMILES string of the molecule is C=CCNC(=O)CN1CCN(Cc2cc(=O)n3c(-c4ccccc4)csc3n2)CC1. The highest BCUT2D eigenvalue weighted by Gasteiger charge is 2.20. The zero-order valence-corrected chi connectivity index (χ0v) is 17.6. The molecule has 0 bridgehead atoms. The number of benzene rings is 1. The summed E-state index contributed by atoms with van der Waals surface area (Å²) in [4.78, 5) is 34.5. The van der Waals surface area contributed by atoms with Crippen molar-refractivity contribution in [3.63, 3.8) is 0 Å². The molecule has 1 amide bonds. The van der Waals surface area contributed by atoms with Crippen LogP contribution in [0.5, 0.6) is 0 Å². The maximum Gasteiger partial charge on any atom is 0.259 e. The van der Waals surface area contributed by atoms with E-state index in [1.54, 1.807) is 16.5 Å². The second kappa shape index (κ2) is 9.34. The van der Waals surface area contributed by atoms with E-state index >= 15 is 0 Å². The maximum absolute atomic E-state index is 12.8. The van der Waals surface area contributed by atoms with Gasteiger partial charge in [-0.1, -0.05) is 36.4 Å². The van der Waals surface area contributed by atoms with Crippen molar-refractivity contribution in [2.24, 2.45) is 0 Å². The molecule has 0 atom stereocenters. The standard InChI is InChI=1S/C22H25N5O2S/c1-2-8-23-20(28)15-26-11-9-25(10-12-26)14-18-13-21(29)27-19(16-30-22(27)24-18)17-6-4-3-5-7-17/h2-7,13,16H,1,8-12,14-15H2,(H,23,28). The number of rotatable bonds is 7. The molecule has 3 heterocycles. The summed E-state index contributed by atoms with van der Waals surface area (Å²) < 4.78 is 1.68. The Morgan fingerprint density at radius 1 is 1.17 bits per heavy atom. The molecule has 1 N–H and O–H groups in total. The fraction of sp³-hybridized carbons (Fsp3) is 0.318. The number of hydrogen-bond acceptors (Lipinski definition) is 6. The predicted molar refractivity (Wildman–Crippen MR) is 120 cm³/mol. The molecule has 2 aromatic heterocycles. The first-order valence-corrected chi connectivity index (χ1v) is 10.9. The molecule has 4 rings (SSSR count). The van der Waals surface area contributed by atoms with Gasteiger partial charge in [-0.05, 0) is 5.56 Å². The first-order chi connectivity index (χ1) is 14.6. The van der Waals surface area contributed by atoms with Crippen molar-refractivity contribution >= 4 is 22.2 Å². The second-order valence-electron chi connectivity index (χ2n) is 7.34. The van der Waals surface area contributed by atoms with E-state index in [1.807, 2.05) is 35.7 Å². The fourth-order valence-corrected chi connectivity index (χ4v) is 4.56. The zero-order chi connectivity index (χ0) is 20.9. The molecule has 1 saturated heterocycles. The molecule has 1 aliphatic heterocycles. The van der Waals surface area contributed by atoms with Crippen LogP contribution in [-0.2, 0) is 11.3 Å². The highest BCUT2D eigenvalue weighted by atomic mass is 32.1. The summed E-state index contributed by atoms with van der Waals surface area (Å²) in [5.41, 5.74) is 2.63. The molecule has 0 spiro atoms. The van der Waals surface area contributed by atoms with Crippen LogP contribution in [0.1, 0.15) is 5.69 Å². The van der Waals surface area contributed by atoms with Gasteiger partial charge in [0.15, 0.2) is 4.96 Å². The van der Waals surface area contributed by atoms with Crippen LogP contribution < -0.4 is 10.9 Å². The highest BCUT2D eigenvalue weighted by Crippen LogP contribution is 2.23. The summed E-state index contributed by atoms with van der Waals surface area (Å²) in [6, 6.07) is 11.5. The van der Waals surface area contributed by atoms with Gasteiger partial charge in [-0.3, -0.25) is 23.8 Å². The maximum atomic E-state index is 12.8. The van der Waals surface area contributed by atoms with Gasteiger partial charge in [0.05, 0.1) is 17.9 Å². The largest absolute Gasteiger partial charge is 0.352 e. The summed E-state index contributed by atoms with van der Waals surface area (Å²) in [7, 11) is 0. The van der Waals surface area contributed by atoms with Gasteiger partial charge in [0.2, 0.25) is 5.91 Å². The Balaban J connectivity index is 1.40. The molecular weight excluding hydrogens is 398 g/mol. The lowest BCUT2D eigenvalue weighted by molar-refractivity contribution is -0.122. The second-order valence-corrected chi connectivity index (χ2v) is 8.17. The molecule has 1 aromatic carbocycles. The number of hydrogen-bond donors (Lipinski definition) is 1. The zero-order valence-electron chi connectivity index (χ0n) is 16.8. The van der Waals surface area contributed by atoms with E-state index in [9.17, 15) is 9.59 Å². The van der Waals surface area contributed by atoms with Crippen LogP contribution in [0.25, 0.3) is 16.2 Å². The lowest BCUT2D eigenvalue weighted by Crippen LogP contribution is -2.49. The Morgan fingerprint density at radius 2 is 1.90 bits per heavy atom. The van der Waals surface area contributed by atoms with Crippen molar-refractivity contribution in [3.8, 4) is 11.3 Å². The van der Waals surface area contributed by atoms with Crippen LogP contribution >= 0.6 is 11.3 Å². The summed E-state index contributed by atoms with van der Waals surface area (Å²) in [5, 5.41) is 4.79. The normalized spacial score (nSPS) is 15.3. The molecule has 0 unspecified atom stereocenters. The molecule has 30 heavy (non-hydrogen) atoms. The smallest absolute Gasteiger partial charge is 0.259 e. The number of aromatic nitrogens is 2. The Kier molecular flexibility index (Phi) is 6.37. The van der Waals surface area contributed by atoms with Gasteiger partial charge in [-0.25, -0.2) is 4.98 Å². The summed E-state index contributed by atoms with van der Waals surface area (Å²) >= 11 is 1.49. The van der Waals surface area contributed by atoms with Crippen LogP contribution in [-0.4, -0.2) is 64.4 Å². The van der Waals surface area contributed by atoms with Crippen molar-refractivity contribution in [3.05, 3.63) is 70.5 Å². The van der Waals surface area contributed by atoms with E-state index in [-0.39, 0.29) is 11.5 Å². The van der Waals surface area contributed by atoms with E-state index in [2.05, 4.69) is 21.7 Å². The van der Waals surface area contributed by atoms with Crippen molar-refractivity contribution in [1.29, 1.82) is 0 Å². The van der Waals surface area contributed by atoms with Crippen LogP contribution in [0.3, 0.4) is 0 Å². The van der Waals surface area contributed by atoms with E-state index in [0.29, 0.717) is 24.6 Å². The van der Waals surface area contributed by atoms with Crippen molar-refractivity contribution < 1.29 is 4.79 Å². The van der Waals surface area contributed by atoms with Crippen LogP contribution in [0.15, 0.2) is 59.2 Å². The number of piperazine rings is 1. The number of amides is 1. The van der Waals surface area contributed by atoms with Gasteiger partial charge < -0.3 is 5.32 Å². The molecule has 1 aliphatic rings. The molecule has 3 aromatic rings. The van der Waals surface area contributed by atoms with Crippen LogP contribution in [0, 0.1) is 0 Å². The van der Waals surface area contributed by atoms with Gasteiger partial charge in [0, 0.05) is 50.7 Å². The Bertz CT molecular complexity index is 1080. The van der Waals surface area contributed by atoms with E-state index < -0.39 is 0 Å². The average molecular weight is 424 g/mol. The number of fused-ring (bicyclic) bond motifs is 1. The number of carbonyl (C=O) groups excluding carboxylic acids is 1. The number of nitrogens with one attached hydrogen (secondary N) is 1. The van der Waals surface area contributed by atoms with E-state index in [0.717, 1.165) is 43.1 Å². The predicted octanol–water partition coefficient (Wildman–Crippen LogP) is 1.84. The Labute approximate surface area is 179 Å². The lowest BCUT2D eigenvalue weighted by Gasteiger charge is -2.34. The van der Waals surface area contributed by atoms with Gasteiger partial charge >= 0.3 is 0 Å². The fourth-order valence-electron chi connectivity index (χ4n) is 3.64. The minimum atomic E-state index is -0.0485. The average Bonchev–Trinajstić information content (AvgIpc) is 3.19. The Hall–Kier alpha value is -2.81. The summed E-state index contributed by atoms with van der Waals surface area (Å²) in [6.45, 7) is 8.48. The van der Waals surface area contributed by atoms with Crippen molar-refractivity contribution in [2.45, 2.75) is 6.54 Å². The van der Waals surface area contributed by atoms with Gasteiger partial charge in [0.25, 0.3) is 5.56 Å².